The smallest absolute Gasteiger partial charge is 0.235 e. The maximum Gasteiger partial charge on any atom is 0.235 e. The van der Waals surface area contributed by atoms with Gasteiger partial charge in [0.05, 0.1) is 16.7 Å². The minimum atomic E-state index is 0.0894. The molecular weight excluding hydrogens is 548 g/mol. The van der Waals surface area contributed by atoms with Crippen molar-refractivity contribution in [2.24, 2.45) is 0 Å². The molecule has 2 aliphatic heterocycles. The second-order valence-electron chi connectivity index (χ2n) is 11.8. The molecule has 2 aromatic heterocycles. The molecule has 0 amide bonds. The topological polar surface area (TPSA) is 24.1 Å². The average molecular weight is 576 g/mol. The van der Waals surface area contributed by atoms with Crippen molar-refractivity contribution in [2.45, 2.75) is 6.04 Å². The molecule has 7 aromatic rings. The zero-order valence-corrected chi connectivity index (χ0v) is 24.4. The first-order chi connectivity index (χ1) is 22.4. The zero-order chi connectivity index (χ0) is 29.5. The van der Waals surface area contributed by atoms with Crippen LogP contribution in [0.5, 0.6) is 0 Å². The number of hydrogen-bond acceptors (Lipinski definition) is 2. The number of pyridine rings is 1. The van der Waals surface area contributed by atoms with Crippen molar-refractivity contribution < 1.29 is 0 Å². The monoisotopic (exact) mass is 575 g/mol. The number of allylic oxidation sites excluding steroid dienone is 2. The Kier molecular flexibility index (Phi) is 5.02. The number of nitrogens with zero attached hydrogens (tertiary/aromatic N) is 4. The van der Waals surface area contributed by atoms with Crippen molar-refractivity contribution in [3.05, 3.63) is 164 Å². The Morgan fingerprint density at radius 3 is 2.33 bits per heavy atom. The van der Waals surface area contributed by atoms with Crippen molar-refractivity contribution >= 4 is 55.8 Å². The third-order valence-electron chi connectivity index (χ3n) is 9.52. The van der Waals surface area contributed by atoms with Gasteiger partial charge in [0, 0.05) is 58.7 Å². The fraction of sp³-hybridized carbons (Fsp3) is 0.0244. The van der Waals surface area contributed by atoms with Crippen molar-refractivity contribution in [1.82, 2.24) is 14.1 Å². The lowest BCUT2D eigenvalue weighted by molar-refractivity contribution is 0.931. The van der Waals surface area contributed by atoms with Crippen LogP contribution in [-0.2, 0) is 0 Å². The predicted molar refractivity (Wildman–Crippen MR) is 186 cm³/mol. The highest BCUT2D eigenvalue weighted by atomic mass is 15.3. The molecule has 210 valence electrons. The molecule has 5 aromatic carbocycles. The number of aromatic nitrogens is 2. The second kappa shape index (κ2) is 9.25. The van der Waals surface area contributed by atoms with Crippen molar-refractivity contribution in [3.63, 3.8) is 0 Å². The molecule has 4 heteroatoms. The summed E-state index contributed by atoms with van der Waals surface area (Å²) in [5.74, 6) is 0. The van der Waals surface area contributed by atoms with E-state index in [0.717, 1.165) is 16.8 Å². The molecule has 1 unspecified atom stereocenters. The minimum Gasteiger partial charge on any atom is -0.318 e. The normalized spacial score (nSPS) is 16.1. The van der Waals surface area contributed by atoms with E-state index in [-0.39, 0.29) is 6.04 Å². The fourth-order valence-corrected chi connectivity index (χ4v) is 7.71. The molecule has 1 aliphatic carbocycles. The first-order valence-corrected chi connectivity index (χ1v) is 15.4. The van der Waals surface area contributed by atoms with Gasteiger partial charge >= 0.3 is 0 Å². The summed E-state index contributed by atoms with van der Waals surface area (Å²) in [6.45, 7) is 0. The van der Waals surface area contributed by atoms with Gasteiger partial charge in [-0.05, 0) is 59.2 Å². The Morgan fingerprint density at radius 2 is 1.47 bits per heavy atom. The van der Waals surface area contributed by atoms with Gasteiger partial charge < -0.3 is 9.47 Å². The highest BCUT2D eigenvalue weighted by Gasteiger charge is 2.49. The Balaban J connectivity index is 1.24. The molecule has 0 spiro atoms. The quantitative estimate of drug-likeness (QED) is 0.196. The van der Waals surface area contributed by atoms with Crippen LogP contribution < -0.4 is 9.48 Å². The lowest BCUT2D eigenvalue weighted by Gasteiger charge is -2.32. The molecule has 0 fully saturated rings. The summed E-state index contributed by atoms with van der Waals surface area (Å²) in [4.78, 5) is 6.87. The molecule has 0 saturated carbocycles. The Morgan fingerprint density at radius 1 is 0.644 bits per heavy atom. The van der Waals surface area contributed by atoms with E-state index in [1.165, 1.54) is 61.4 Å². The maximum absolute atomic E-state index is 4.32. The van der Waals surface area contributed by atoms with Crippen LogP contribution in [0.4, 0.5) is 22.7 Å². The minimum absolute atomic E-state index is 0.0894. The number of para-hydroxylation sites is 4. The van der Waals surface area contributed by atoms with Crippen LogP contribution in [-0.4, -0.2) is 21.3 Å². The summed E-state index contributed by atoms with van der Waals surface area (Å²) in [6.07, 6.45) is 10.6. The zero-order valence-electron chi connectivity index (χ0n) is 24.4. The van der Waals surface area contributed by atoms with Crippen molar-refractivity contribution in [2.75, 3.05) is 4.90 Å². The summed E-state index contributed by atoms with van der Waals surface area (Å²) in [5.41, 5.74) is 14.7. The fourth-order valence-electron chi connectivity index (χ4n) is 7.71. The molecule has 10 rings (SSSR count). The first kappa shape index (κ1) is 24.4. The average Bonchev–Trinajstić information content (AvgIpc) is 3.63. The SMILES string of the molecule is C1=CC2=[N+](c3ccccc3)c3ccccc3N3c4ccc5c(c4C(=C1)C23)c1ccccc1n5-c1ccc(-c2cccnc2)cc1. The third-order valence-corrected chi connectivity index (χ3v) is 9.52. The molecular formula is C41H27N4+. The van der Waals surface area contributed by atoms with Gasteiger partial charge in [0.1, 0.15) is 11.7 Å². The number of hydrogen-bond donors (Lipinski definition) is 0. The van der Waals surface area contributed by atoms with Gasteiger partial charge in [-0.3, -0.25) is 4.98 Å². The largest absolute Gasteiger partial charge is 0.318 e. The second-order valence-corrected chi connectivity index (χ2v) is 11.8. The van der Waals surface area contributed by atoms with Crippen LogP contribution in [0.1, 0.15) is 5.56 Å². The van der Waals surface area contributed by atoms with Gasteiger partial charge in [-0.15, -0.1) is 0 Å². The molecule has 0 radical (unpaired) electrons. The van der Waals surface area contributed by atoms with E-state index in [1.807, 2.05) is 18.5 Å². The van der Waals surface area contributed by atoms with Crippen LogP contribution in [0.15, 0.2) is 158 Å². The van der Waals surface area contributed by atoms with Gasteiger partial charge in [0.15, 0.2) is 0 Å². The Hall–Kier alpha value is -6.00. The van der Waals surface area contributed by atoms with Crippen molar-refractivity contribution in [1.29, 1.82) is 0 Å². The van der Waals surface area contributed by atoms with E-state index < -0.39 is 0 Å². The number of rotatable bonds is 3. The van der Waals surface area contributed by atoms with Gasteiger partial charge in [-0.2, -0.15) is 4.58 Å². The van der Waals surface area contributed by atoms with E-state index in [2.05, 4.69) is 159 Å². The van der Waals surface area contributed by atoms with E-state index in [9.17, 15) is 0 Å². The molecule has 0 bridgehead atoms. The Bertz CT molecular complexity index is 2410. The van der Waals surface area contributed by atoms with E-state index in [0.29, 0.717) is 0 Å². The van der Waals surface area contributed by atoms with Crippen LogP contribution in [0, 0.1) is 0 Å². The highest BCUT2D eigenvalue weighted by molar-refractivity contribution is 6.26. The van der Waals surface area contributed by atoms with Crippen LogP contribution in [0.2, 0.25) is 0 Å². The summed E-state index contributed by atoms with van der Waals surface area (Å²) < 4.78 is 4.86. The Labute approximate surface area is 260 Å². The predicted octanol–water partition coefficient (Wildman–Crippen LogP) is 9.61. The van der Waals surface area contributed by atoms with Gasteiger partial charge in [0.25, 0.3) is 0 Å². The molecule has 1 atom stereocenters. The lowest BCUT2D eigenvalue weighted by Crippen LogP contribution is -2.43. The summed E-state index contributed by atoms with van der Waals surface area (Å²) >= 11 is 0. The van der Waals surface area contributed by atoms with Crippen molar-refractivity contribution in [3.8, 4) is 16.8 Å². The summed E-state index contributed by atoms with van der Waals surface area (Å²) in [7, 11) is 0. The lowest BCUT2D eigenvalue weighted by atomic mass is 9.90. The number of benzene rings is 5. The maximum atomic E-state index is 4.32. The van der Waals surface area contributed by atoms with Crippen LogP contribution >= 0.6 is 0 Å². The van der Waals surface area contributed by atoms with Gasteiger partial charge in [-0.25, -0.2) is 0 Å². The number of fused-ring (bicyclic) bond motifs is 9. The first-order valence-electron chi connectivity index (χ1n) is 15.4. The van der Waals surface area contributed by atoms with Gasteiger partial charge in [0.2, 0.25) is 17.1 Å². The molecule has 3 aliphatic rings. The summed E-state index contributed by atoms with van der Waals surface area (Å²) in [6, 6.07) is 46.1. The summed E-state index contributed by atoms with van der Waals surface area (Å²) in [5, 5.41) is 2.57. The third kappa shape index (κ3) is 3.36. The molecule has 45 heavy (non-hydrogen) atoms. The van der Waals surface area contributed by atoms with Gasteiger partial charge in [-0.1, -0.05) is 78.9 Å². The molecule has 0 saturated heterocycles. The molecule has 4 nitrogen and oxygen atoms in total. The van der Waals surface area contributed by atoms with E-state index in [4.69, 9.17) is 0 Å². The standard InChI is InChI=1S/C41H27N4/c1-2-11-29(12-3-1)44-34-16-6-7-17-35(34)45-37-24-23-36-39(40(37)32-14-8-18-38(44)41(32)45)31-13-4-5-15-33(31)43(36)30-21-19-27(20-22-30)28-10-9-25-42-26-28/h1-26,41H/q+1. The molecule has 0 N–H and O–H groups in total. The molecule has 4 heterocycles. The van der Waals surface area contributed by atoms with Crippen LogP contribution in [0.3, 0.4) is 0 Å². The van der Waals surface area contributed by atoms with E-state index >= 15 is 0 Å². The van der Waals surface area contributed by atoms with Crippen LogP contribution in [0.25, 0.3) is 44.2 Å². The number of anilines is 2. The highest BCUT2D eigenvalue weighted by Crippen LogP contribution is 2.55. The van der Waals surface area contributed by atoms with E-state index in [1.54, 1.807) is 0 Å².